The Hall–Kier alpha value is -1.51. The maximum atomic E-state index is 11.4. The quantitative estimate of drug-likeness (QED) is 0.785. The molecule has 0 radical (unpaired) electrons. The molecule has 88 valence electrons. The van der Waals surface area contributed by atoms with Crippen molar-refractivity contribution >= 4 is 5.78 Å². The Balaban J connectivity index is 3.29. The minimum atomic E-state index is -0.176. The average molecular weight is 222 g/mol. The molecule has 0 N–H and O–H groups in total. The highest BCUT2D eigenvalue weighted by atomic mass is 16.5. The van der Waals surface area contributed by atoms with Crippen molar-refractivity contribution in [3.8, 4) is 11.5 Å². The monoisotopic (exact) mass is 222 g/mol. The van der Waals surface area contributed by atoms with E-state index >= 15 is 0 Å². The van der Waals surface area contributed by atoms with E-state index in [2.05, 4.69) is 0 Å². The van der Waals surface area contributed by atoms with Crippen LogP contribution in [-0.4, -0.2) is 20.0 Å². The fraction of sp³-hybridized carbons (Fsp3) is 0.462. The molecule has 0 unspecified atom stereocenters. The van der Waals surface area contributed by atoms with Crippen molar-refractivity contribution in [2.24, 2.45) is 0 Å². The molecule has 16 heavy (non-hydrogen) atoms. The second-order valence-corrected chi connectivity index (χ2v) is 3.90. The lowest BCUT2D eigenvalue weighted by atomic mass is 9.95. The van der Waals surface area contributed by atoms with Crippen LogP contribution < -0.4 is 9.47 Å². The zero-order valence-electron chi connectivity index (χ0n) is 10.5. The Kier molecular flexibility index (Phi) is 3.93. The number of aryl methyl sites for hydroxylation is 1. The number of hydrogen-bond acceptors (Lipinski definition) is 3. The van der Waals surface area contributed by atoms with Crippen LogP contribution in [0.4, 0.5) is 0 Å². The summed E-state index contributed by atoms with van der Waals surface area (Å²) in [6.45, 7) is 5.40. The SMILES string of the molecule is COc1cc([C@H](C)C(C)=O)c(OC)cc1C. The van der Waals surface area contributed by atoms with Crippen molar-refractivity contribution in [3.63, 3.8) is 0 Å². The maximum absolute atomic E-state index is 11.4. The highest BCUT2D eigenvalue weighted by Gasteiger charge is 2.17. The molecule has 3 nitrogen and oxygen atoms in total. The van der Waals surface area contributed by atoms with Crippen LogP contribution in [0, 0.1) is 6.92 Å². The van der Waals surface area contributed by atoms with E-state index in [1.165, 1.54) is 0 Å². The number of Topliss-reactive ketones (excluding diaryl/α,β-unsaturated/α-hetero) is 1. The smallest absolute Gasteiger partial charge is 0.137 e. The third-order valence-electron chi connectivity index (χ3n) is 2.82. The fourth-order valence-electron chi connectivity index (χ4n) is 1.63. The maximum Gasteiger partial charge on any atom is 0.137 e. The van der Waals surface area contributed by atoms with Crippen LogP contribution in [-0.2, 0) is 4.79 Å². The van der Waals surface area contributed by atoms with Crippen molar-refractivity contribution in [3.05, 3.63) is 23.3 Å². The first-order chi connectivity index (χ1) is 7.51. The van der Waals surface area contributed by atoms with Crippen LogP contribution in [0.25, 0.3) is 0 Å². The van der Waals surface area contributed by atoms with Gasteiger partial charge in [-0.25, -0.2) is 0 Å². The molecule has 3 heteroatoms. The molecule has 1 aromatic carbocycles. The summed E-state index contributed by atoms with van der Waals surface area (Å²) in [6, 6.07) is 3.77. The summed E-state index contributed by atoms with van der Waals surface area (Å²) < 4.78 is 10.5. The molecule has 0 aromatic heterocycles. The van der Waals surface area contributed by atoms with Gasteiger partial charge in [-0.3, -0.25) is 4.79 Å². The number of rotatable bonds is 4. The van der Waals surface area contributed by atoms with Gasteiger partial charge in [-0.05, 0) is 31.5 Å². The molecule has 0 aliphatic rings. The van der Waals surface area contributed by atoms with Crippen molar-refractivity contribution in [1.29, 1.82) is 0 Å². The summed E-state index contributed by atoms with van der Waals surface area (Å²) in [4.78, 5) is 11.4. The highest BCUT2D eigenvalue weighted by molar-refractivity contribution is 5.84. The summed E-state index contributed by atoms with van der Waals surface area (Å²) in [7, 11) is 3.23. The lowest BCUT2D eigenvalue weighted by Crippen LogP contribution is -2.07. The predicted molar refractivity (Wildman–Crippen MR) is 63.4 cm³/mol. The van der Waals surface area contributed by atoms with Crippen molar-refractivity contribution in [1.82, 2.24) is 0 Å². The number of methoxy groups -OCH3 is 2. The molecule has 1 rings (SSSR count). The first kappa shape index (κ1) is 12.6. The fourth-order valence-corrected chi connectivity index (χ4v) is 1.63. The van der Waals surface area contributed by atoms with E-state index in [0.29, 0.717) is 0 Å². The Morgan fingerprint density at radius 1 is 1.19 bits per heavy atom. The first-order valence-electron chi connectivity index (χ1n) is 5.24. The second kappa shape index (κ2) is 5.01. The van der Waals surface area contributed by atoms with E-state index in [-0.39, 0.29) is 11.7 Å². The normalized spacial score (nSPS) is 12.1. The van der Waals surface area contributed by atoms with E-state index in [1.54, 1.807) is 21.1 Å². The molecule has 0 heterocycles. The molecule has 0 aliphatic carbocycles. The minimum absolute atomic E-state index is 0.115. The number of carbonyl (C=O) groups excluding carboxylic acids is 1. The van der Waals surface area contributed by atoms with Gasteiger partial charge in [-0.2, -0.15) is 0 Å². The van der Waals surface area contributed by atoms with Gasteiger partial charge in [0, 0.05) is 11.5 Å². The average Bonchev–Trinajstić information content (AvgIpc) is 2.27. The zero-order chi connectivity index (χ0) is 12.3. The number of ketones is 1. The van der Waals surface area contributed by atoms with Gasteiger partial charge in [-0.15, -0.1) is 0 Å². The van der Waals surface area contributed by atoms with E-state index in [4.69, 9.17) is 9.47 Å². The molecule has 0 bridgehead atoms. The van der Waals surface area contributed by atoms with Crippen molar-refractivity contribution in [2.45, 2.75) is 26.7 Å². The summed E-state index contributed by atoms with van der Waals surface area (Å²) in [5.74, 6) is 1.46. The molecular formula is C13H18O3. The van der Waals surface area contributed by atoms with E-state index in [0.717, 1.165) is 22.6 Å². The van der Waals surface area contributed by atoms with Gasteiger partial charge in [0.05, 0.1) is 14.2 Å². The topological polar surface area (TPSA) is 35.5 Å². The third-order valence-corrected chi connectivity index (χ3v) is 2.82. The van der Waals surface area contributed by atoms with Gasteiger partial charge in [0.2, 0.25) is 0 Å². The molecule has 0 saturated heterocycles. The van der Waals surface area contributed by atoms with Crippen LogP contribution >= 0.6 is 0 Å². The van der Waals surface area contributed by atoms with E-state index in [9.17, 15) is 4.79 Å². The van der Waals surface area contributed by atoms with E-state index < -0.39 is 0 Å². The van der Waals surface area contributed by atoms with Gasteiger partial charge in [-0.1, -0.05) is 6.92 Å². The van der Waals surface area contributed by atoms with Crippen LogP contribution in [0.1, 0.15) is 30.9 Å². The van der Waals surface area contributed by atoms with Gasteiger partial charge >= 0.3 is 0 Å². The van der Waals surface area contributed by atoms with Crippen molar-refractivity contribution in [2.75, 3.05) is 14.2 Å². The number of hydrogen-bond donors (Lipinski definition) is 0. The van der Waals surface area contributed by atoms with Crippen LogP contribution in [0.15, 0.2) is 12.1 Å². The molecule has 0 saturated carbocycles. The molecule has 0 spiro atoms. The third kappa shape index (κ3) is 2.35. The minimum Gasteiger partial charge on any atom is -0.496 e. The molecule has 0 aliphatic heterocycles. The molecule has 1 aromatic rings. The predicted octanol–water partition coefficient (Wildman–Crippen LogP) is 2.70. The van der Waals surface area contributed by atoms with Gasteiger partial charge in [0.1, 0.15) is 17.3 Å². The summed E-state index contributed by atoms with van der Waals surface area (Å²) >= 11 is 0. The molecule has 0 amide bonds. The van der Waals surface area contributed by atoms with Crippen LogP contribution in [0.5, 0.6) is 11.5 Å². The van der Waals surface area contributed by atoms with Crippen LogP contribution in [0.2, 0.25) is 0 Å². The lowest BCUT2D eigenvalue weighted by molar-refractivity contribution is -0.118. The summed E-state index contributed by atoms with van der Waals surface area (Å²) in [6.07, 6.45) is 0. The van der Waals surface area contributed by atoms with Gasteiger partial charge in [0.25, 0.3) is 0 Å². The highest BCUT2D eigenvalue weighted by Crippen LogP contribution is 2.33. The Morgan fingerprint density at radius 2 is 1.75 bits per heavy atom. The largest absolute Gasteiger partial charge is 0.496 e. The second-order valence-electron chi connectivity index (χ2n) is 3.90. The first-order valence-corrected chi connectivity index (χ1v) is 5.24. The summed E-state index contributed by atoms with van der Waals surface area (Å²) in [5.41, 5.74) is 1.87. The molecule has 0 fully saturated rings. The number of ether oxygens (including phenoxy) is 2. The Morgan fingerprint density at radius 3 is 2.19 bits per heavy atom. The molecular weight excluding hydrogens is 204 g/mol. The van der Waals surface area contributed by atoms with Crippen molar-refractivity contribution < 1.29 is 14.3 Å². The van der Waals surface area contributed by atoms with Gasteiger partial charge < -0.3 is 9.47 Å². The number of carbonyl (C=O) groups is 1. The Bertz CT molecular complexity index is 396. The Labute approximate surface area is 96.4 Å². The number of benzene rings is 1. The lowest BCUT2D eigenvalue weighted by Gasteiger charge is -2.16. The standard InChI is InChI=1S/C13H18O3/c1-8-6-13(16-5)11(7-12(8)15-4)9(2)10(3)14/h6-7,9H,1-5H3/t9-/m1/s1. The van der Waals surface area contributed by atoms with Crippen LogP contribution in [0.3, 0.4) is 0 Å². The molecule has 1 atom stereocenters. The van der Waals surface area contributed by atoms with Gasteiger partial charge in [0.15, 0.2) is 0 Å². The summed E-state index contributed by atoms with van der Waals surface area (Å²) in [5, 5.41) is 0. The zero-order valence-corrected chi connectivity index (χ0v) is 10.5. The van der Waals surface area contributed by atoms with E-state index in [1.807, 2.05) is 26.0 Å².